The first-order valence-corrected chi connectivity index (χ1v) is 7.82. The summed E-state index contributed by atoms with van der Waals surface area (Å²) in [7, 11) is 1.46. The van der Waals surface area contributed by atoms with Crippen molar-refractivity contribution in [3.8, 4) is 11.5 Å². The molecule has 0 saturated carbocycles. The maximum atomic E-state index is 12.4. The number of carboxylic acid groups (broad SMARTS) is 1. The summed E-state index contributed by atoms with van der Waals surface area (Å²) in [5.74, 6) is -0.435. The van der Waals surface area contributed by atoms with Gasteiger partial charge >= 0.3 is 5.97 Å². The van der Waals surface area contributed by atoms with Gasteiger partial charge < -0.3 is 14.6 Å². The number of carbonyl (C=O) groups is 1. The molecule has 6 nitrogen and oxygen atoms in total. The van der Waals surface area contributed by atoms with Gasteiger partial charge in [0.2, 0.25) is 0 Å². The average Bonchev–Trinajstić information content (AvgIpc) is 2.81. The van der Waals surface area contributed by atoms with Gasteiger partial charge in [0.15, 0.2) is 18.1 Å². The van der Waals surface area contributed by atoms with Crippen molar-refractivity contribution >= 4 is 30.0 Å². The van der Waals surface area contributed by atoms with E-state index >= 15 is 0 Å². The Hall–Kier alpha value is -2.80. The molecule has 7 heteroatoms. The van der Waals surface area contributed by atoms with Crippen LogP contribution in [0.4, 0.5) is 0 Å². The van der Waals surface area contributed by atoms with Gasteiger partial charge in [-0.05, 0) is 12.1 Å². The van der Waals surface area contributed by atoms with Crippen molar-refractivity contribution in [1.29, 1.82) is 0 Å². The molecule has 0 spiro atoms. The predicted molar refractivity (Wildman–Crippen MR) is 93.2 cm³/mol. The Morgan fingerprint density at radius 3 is 2.83 bits per heavy atom. The molecule has 0 radical (unpaired) electrons. The zero-order valence-electron chi connectivity index (χ0n) is 13.2. The second kappa shape index (κ2) is 7.65. The molecule has 0 fully saturated rings. The minimum Gasteiger partial charge on any atom is -0.493 e. The van der Waals surface area contributed by atoms with E-state index < -0.39 is 12.6 Å². The number of aliphatic carboxylic acids is 1. The summed E-state index contributed by atoms with van der Waals surface area (Å²) in [4.78, 5) is 23.2. The molecular weight excluding hydrogens is 330 g/mol. The second-order valence-electron chi connectivity index (χ2n) is 4.77. The Morgan fingerprint density at radius 1 is 1.46 bits per heavy atom. The van der Waals surface area contributed by atoms with Crippen LogP contribution < -0.4 is 24.2 Å². The summed E-state index contributed by atoms with van der Waals surface area (Å²) < 4.78 is 13.1. The number of hydrogen-bond donors (Lipinski definition) is 1. The molecule has 1 N–H and O–H groups in total. The summed E-state index contributed by atoms with van der Waals surface area (Å²) in [5, 5.41) is 8.82. The minimum absolute atomic E-state index is 0.183. The maximum Gasteiger partial charge on any atom is 0.341 e. The second-order valence-corrected chi connectivity index (χ2v) is 5.89. The number of aromatic nitrogens is 1. The van der Waals surface area contributed by atoms with Crippen molar-refractivity contribution < 1.29 is 19.4 Å². The molecule has 0 atom stereocenters. The number of ether oxygens (including phenoxy) is 2. The van der Waals surface area contributed by atoms with Gasteiger partial charge in [0.25, 0.3) is 5.56 Å². The van der Waals surface area contributed by atoms with Crippen LogP contribution in [0.5, 0.6) is 11.5 Å². The predicted octanol–water partition coefficient (Wildman–Crippen LogP) is 0.807. The van der Waals surface area contributed by atoms with Gasteiger partial charge in [-0.1, -0.05) is 24.8 Å². The van der Waals surface area contributed by atoms with Crippen molar-refractivity contribution in [2.45, 2.75) is 6.54 Å². The molecular formula is C17H17NO5S. The molecule has 24 heavy (non-hydrogen) atoms. The lowest BCUT2D eigenvalue weighted by Gasteiger charge is -2.11. The Bertz CT molecular complexity index is 925. The van der Waals surface area contributed by atoms with Crippen LogP contribution in [0, 0.1) is 0 Å². The summed E-state index contributed by atoms with van der Waals surface area (Å²) in [6.45, 7) is 7.35. The third-order valence-corrected chi connectivity index (χ3v) is 4.12. The van der Waals surface area contributed by atoms with Gasteiger partial charge in [-0.25, -0.2) is 4.79 Å². The minimum atomic E-state index is -1.10. The van der Waals surface area contributed by atoms with E-state index in [1.807, 2.05) is 0 Å². The molecule has 0 saturated heterocycles. The third kappa shape index (κ3) is 3.75. The lowest BCUT2D eigenvalue weighted by Crippen LogP contribution is -2.30. The van der Waals surface area contributed by atoms with Crippen molar-refractivity contribution in [3.05, 3.63) is 56.0 Å². The highest BCUT2D eigenvalue weighted by Crippen LogP contribution is 2.31. The van der Waals surface area contributed by atoms with Gasteiger partial charge in [0, 0.05) is 12.1 Å². The van der Waals surface area contributed by atoms with E-state index in [1.165, 1.54) is 23.0 Å². The number of para-hydroxylation sites is 1. The Kier molecular flexibility index (Phi) is 5.59. The zero-order valence-corrected chi connectivity index (χ0v) is 14.0. The fraction of sp³-hybridized carbons (Fsp3) is 0.176. The van der Waals surface area contributed by atoms with Crippen molar-refractivity contribution in [2.24, 2.45) is 0 Å². The molecule has 0 amide bonds. The molecule has 2 rings (SSSR count). The summed E-state index contributed by atoms with van der Waals surface area (Å²) >= 11 is 1.25. The Labute approximate surface area is 142 Å². The molecule has 126 valence electrons. The lowest BCUT2D eigenvalue weighted by molar-refractivity contribution is -0.139. The number of carboxylic acids is 1. The molecule has 0 aliphatic rings. The van der Waals surface area contributed by atoms with Crippen LogP contribution in [0.3, 0.4) is 0 Å². The van der Waals surface area contributed by atoms with E-state index in [0.29, 0.717) is 27.1 Å². The van der Waals surface area contributed by atoms with E-state index in [0.717, 1.165) is 0 Å². The zero-order chi connectivity index (χ0) is 17.7. The maximum absolute atomic E-state index is 12.4. The number of methoxy groups -OCH3 is 1. The first-order valence-electron chi connectivity index (χ1n) is 7.00. The number of benzene rings is 1. The van der Waals surface area contributed by atoms with Gasteiger partial charge in [0.1, 0.15) is 0 Å². The molecule has 0 aliphatic carbocycles. The molecule has 0 bridgehead atoms. The monoisotopic (exact) mass is 347 g/mol. The van der Waals surface area contributed by atoms with E-state index in [-0.39, 0.29) is 11.3 Å². The highest BCUT2D eigenvalue weighted by Gasteiger charge is 2.12. The van der Waals surface area contributed by atoms with Crippen LogP contribution in [-0.4, -0.2) is 29.4 Å². The van der Waals surface area contributed by atoms with Gasteiger partial charge in [-0.2, -0.15) is 0 Å². The molecule has 1 heterocycles. The Morgan fingerprint density at radius 2 is 2.21 bits per heavy atom. The van der Waals surface area contributed by atoms with Crippen LogP contribution >= 0.6 is 11.3 Å². The molecule has 0 aliphatic heterocycles. The van der Waals surface area contributed by atoms with Gasteiger partial charge in [-0.3, -0.25) is 9.36 Å². The topological polar surface area (TPSA) is 77.8 Å². The summed E-state index contributed by atoms with van der Waals surface area (Å²) in [6.07, 6.45) is 3.26. The quantitative estimate of drug-likeness (QED) is 0.750. The summed E-state index contributed by atoms with van der Waals surface area (Å²) in [6, 6.07) is 5.12. The van der Waals surface area contributed by atoms with Crippen LogP contribution in [0.25, 0.3) is 12.7 Å². The number of hydrogen-bond acceptors (Lipinski definition) is 5. The highest BCUT2D eigenvalue weighted by molar-refractivity contribution is 7.07. The van der Waals surface area contributed by atoms with E-state index in [1.54, 1.807) is 30.4 Å². The van der Waals surface area contributed by atoms with Crippen LogP contribution in [0.1, 0.15) is 5.56 Å². The number of thiazole rings is 1. The summed E-state index contributed by atoms with van der Waals surface area (Å²) in [5.41, 5.74) is 0.372. The Balaban J connectivity index is 2.59. The molecule has 1 aromatic heterocycles. The molecule has 0 unspecified atom stereocenters. The largest absolute Gasteiger partial charge is 0.493 e. The van der Waals surface area contributed by atoms with Crippen LogP contribution in [0.2, 0.25) is 0 Å². The van der Waals surface area contributed by atoms with Crippen molar-refractivity contribution in [3.63, 3.8) is 0 Å². The fourth-order valence-corrected chi connectivity index (χ4v) is 3.02. The standard InChI is InChI=1S/C17H17NO5S/c1-4-8-18-11(2)24-14(17(18)21)9-12-6-5-7-13(22-3)16(12)23-10-15(19)20/h4-7,9H,1-2,8,10H2,3H3,(H,19,20)/b14-9-. The fourth-order valence-electron chi connectivity index (χ4n) is 2.11. The van der Waals surface area contributed by atoms with Crippen molar-refractivity contribution in [1.82, 2.24) is 4.57 Å². The average molecular weight is 347 g/mol. The van der Waals surface area contributed by atoms with Crippen LogP contribution in [-0.2, 0) is 11.3 Å². The van der Waals surface area contributed by atoms with E-state index in [2.05, 4.69) is 13.2 Å². The number of allylic oxidation sites excluding steroid dienone is 1. The SMILES string of the molecule is C=CCn1c(=C)s/c(=C\c2cccc(OC)c2OCC(=O)O)c1=O. The third-order valence-electron chi connectivity index (χ3n) is 3.15. The first kappa shape index (κ1) is 17.6. The molecule has 1 aromatic carbocycles. The first-order chi connectivity index (χ1) is 11.5. The smallest absolute Gasteiger partial charge is 0.341 e. The molecule has 2 aromatic rings. The normalized spacial score (nSPS) is 11.3. The lowest BCUT2D eigenvalue weighted by atomic mass is 10.2. The van der Waals surface area contributed by atoms with E-state index in [9.17, 15) is 9.59 Å². The van der Waals surface area contributed by atoms with Gasteiger partial charge in [-0.15, -0.1) is 17.9 Å². The highest BCUT2D eigenvalue weighted by atomic mass is 32.1. The van der Waals surface area contributed by atoms with Crippen LogP contribution in [0.15, 0.2) is 35.6 Å². The van der Waals surface area contributed by atoms with E-state index in [4.69, 9.17) is 14.6 Å². The number of nitrogens with zero attached hydrogens (tertiary/aromatic N) is 1. The number of rotatable bonds is 7. The van der Waals surface area contributed by atoms with Gasteiger partial charge in [0.05, 0.1) is 16.3 Å². The van der Waals surface area contributed by atoms with Crippen molar-refractivity contribution in [2.75, 3.05) is 13.7 Å².